The average molecular weight is 573 g/mol. The number of aliphatic imine (C=N–C) groups is 1. The summed E-state index contributed by atoms with van der Waals surface area (Å²) in [6.07, 6.45) is 3.74. The van der Waals surface area contributed by atoms with Gasteiger partial charge in [0.1, 0.15) is 18.1 Å². The number of nitrogens with one attached hydrogen (secondary N) is 1. The molecule has 10 heteroatoms. The van der Waals surface area contributed by atoms with Crippen LogP contribution in [0.1, 0.15) is 30.3 Å². The number of carbonyl (C=O) groups is 2. The van der Waals surface area contributed by atoms with Crippen LogP contribution in [0.4, 0.5) is 11.4 Å². The quantitative estimate of drug-likeness (QED) is 0.266. The zero-order valence-electron chi connectivity index (χ0n) is 22.7. The Morgan fingerprint density at radius 2 is 1.83 bits per heavy atom. The maximum atomic E-state index is 12.8. The summed E-state index contributed by atoms with van der Waals surface area (Å²) in [7, 11) is 1.61. The first kappa shape index (κ1) is 29.2. The third kappa shape index (κ3) is 7.44. The van der Waals surface area contributed by atoms with Crippen molar-refractivity contribution in [2.45, 2.75) is 19.8 Å². The number of ketones is 1. The first-order valence-corrected chi connectivity index (χ1v) is 13.4. The van der Waals surface area contributed by atoms with Crippen LogP contribution < -0.4 is 19.7 Å². The van der Waals surface area contributed by atoms with Crippen LogP contribution in [-0.4, -0.2) is 44.2 Å². The molecule has 0 fully saturated rings. The van der Waals surface area contributed by atoms with Crippen LogP contribution in [0.25, 0.3) is 0 Å². The molecule has 210 valence electrons. The molecule has 41 heavy (non-hydrogen) atoms. The highest BCUT2D eigenvalue weighted by Gasteiger charge is 2.27. The van der Waals surface area contributed by atoms with Gasteiger partial charge in [0, 0.05) is 17.8 Å². The minimum absolute atomic E-state index is 0.0136. The number of methoxy groups -OCH3 is 1. The molecule has 0 radical (unpaired) electrons. The molecule has 0 atom stereocenters. The number of hydrogen-bond donors (Lipinski definition) is 1. The Labute approximate surface area is 243 Å². The predicted molar refractivity (Wildman–Crippen MR) is 157 cm³/mol. The van der Waals surface area contributed by atoms with Gasteiger partial charge in [-0.3, -0.25) is 9.59 Å². The fourth-order valence-electron chi connectivity index (χ4n) is 4.16. The molecular weight excluding hydrogens is 544 g/mol. The standard InChI is InChI=1S/C31H29ClN4O5/c1-3-25-26(20-27(30(37)29(25)32)35-31(38)28-6-4-18-41-28)34-21-7-9-22(10-8-21)36(16-5-15-33)17-19-40-24-13-11-23(39-2)12-14-24/h4,6-14,18,20H,3,5,16-17,19H2,1-2H3,(H,35,38). The Morgan fingerprint density at radius 1 is 1.10 bits per heavy atom. The summed E-state index contributed by atoms with van der Waals surface area (Å²) in [5, 5.41) is 11.7. The van der Waals surface area contributed by atoms with E-state index in [1.807, 2.05) is 55.5 Å². The van der Waals surface area contributed by atoms with Crippen molar-refractivity contribution in [2.75, 3.05) is 31.7 Å². The Bertz CT molecular complexity index is 1500. The third-order valence-corrected chi connectivity index (χ3v) is 6.69. The van der Waals surface area contributed by atoms with E-state index in [9.17, 15) is 9.59 Å². The van der Waals surface area contributed by atoms with Crippen LogP contribution in [0.2, 0.25) is 0 Å². The van der Waals surface area contributed by atoms with E-state index in [4.69, 9.17) is 35.7 Å². The molecule has 0 saturated carbocycles. The van der Waals surface area contributed by atoms with E-state index in [2.05, 4.69) is 16.3 Å². The van der Waals surface area contributed by atoms with Crippen LogP contribution in [0.5, 0.6) is 11.5 Å². The van der Waals surface area contributed by atoms with Crippen molar-refractivity contribution in [3.8, 4) is 17.6 Å². The smallest absolute Gasteiger partial charge is 0.291 e. The largest absolute Gasteiger partial charge is 0.497 e. The summed E-state index contributed by atoms with van der Waals surface area (Å²) in [6.45, 7) is 3.42. The molecule has 1 aliphatic carbocycles. The van der Waals surface area contributed by atoms with Gasteiger partial charge < -0.3 is 24.1 Å². The fraction of sp³-hybridized carbons (Fsp3) is 0.226. The molecule has 9 nitrogen and oxygen atoms in total. The average Bonchev–Trinajstić information content (AvgIpc) is 3.54. The molecule has 0 spiro atoms. The van der Waals surface area contributed by atoms with Gasteiger partial charge in [0.25, 0.3) is 5.91 Å². The molecule has 0 aliphatic heterocycles. The van der Waals surface area contributed by atoms with Gasteiger partial charge in [-0.15, -0.1) is 0 Å². The lowest BCUT2D eigenvalue weighted by Crippen LogP contribution is -2.31. The summed E-state index contributed by atoms with van der Waals surface area (Å²) in [5.74, 6) is 0.517. The number of hydrogen-bond acceptors (Lipinski definition) is 8. The summed E-state index contributed by atoms with van der Waals surface area (Å²) < 4.78 is 16.2. The molecule has 1 aliphatic rings. The van der Waals surface area contributed by atoms with Gasteiger partial charge in [-0.1, -0.05) is 18.5 Å². The summed E-state index contributed by atoms with van der Waals surface area (Å²) in [4.78, 5) is 32.1. The van der Waals surface area contributed by atoms with E-state index in [0.717, 1.165) is 17.2 Å². The van der Waals surface area contributed by atoms with Crippen LogP contribution in [-0.2, 0) is 4.79 Å². The maximum absolute atomic E-state index is 12.8. The number of rotatable bonds is 12. The monoisotopic (exact) mass is 572 g/mol. The number of benzene rings is 2. The number of nitriles is 1. The highest BCUT2D eigenvalue weighted by atomic mass is 35.5. The summed E-state index contributed by atoms with van der Waals surface area (Å²) in [5.41, 5.74) is 2.63. The van der Waals surface area contributed by atoms with Crippen molar-refractivity contribution in [3.05, 3.63) is 95.1 Å². The number of halogens is 1. The molecular formula is C31H29ClN4O5. The molecule has 0 saturated heterocycles. The predicted octanol–water partition coefficient (Wildman–Crippen LogP) is 5.96. The molecule has 1 aromatic heterocycles. The van der Waals surface area contributed by atoms with Gasteiger partial charge >= 0.3 is 0 Å². The van der Waals surface area contributed by atoms with Crippen LogP contribution in [0, 0.1) is 11.3 Å². The van der Waals surface area contributed by atoms with Gasteiger partial charge in [-0.25, -0.2) is 4.99 Å². The number of nitrogens with zero attached hydrogens (tertiary/aromatic N) is 3. The van der Waals surface area contributed by atoms with Gasteiger partial charge in [-0.2, -0.15) is 5.26 Å². The summed E-state index contributed by atoms with van der Waals surface area (Å²) >= 11 is 6.40. The van der Waals surface area contributed by atoms with Crippen molar-refractivity contribution in [1.82, 2.24) is 5.32 Å². The second kappa shape index (κ2) is 14.0. The first-order valence-electron chi connectivity index (χ1n) is 13.0. The Morgan fingerprint density at radius 3 is 2.46 bits per heavy atom. The van der Waals surface area contributed by atoms with Gasteiger partial charge in [0.05, 0.1) is 54.5 Å². The Balaban J connectivity index is 1.50. The van der Waals surface area contributed by atoms with E-state index in [0.29, 0.717) is 49.5 Å². The lowest BCUT2D eigenvalue weighted by molar-refractivity contribution is -0.112. The first-order chi connectivity index (χ1) is 19.9. The fourth-order valence-corrected chi connectivity index (χ4v) is 4.49. The molecule has 0 unspecified atom stereocenters. The number of anilines is 1. The molecule has 1 amide bonds. The highest BCUT2D eigenvalue weighted by Crippen LogP contribution is 2.28. The van der Waals surface area contributed by atoms with Crippen molar-refractivity contribution >= 4 is 40.4 Å². The van der Waals surface area contributed by atoms with Gasteiger partial charge in [-0.05, 0) is 73.2 Å². The minimum Gasteiger partial charge on any atom is -0.497 e. The van der Waals surface area contributed by atoms with Crippen molar-refractivity contribution in [3.63, 3.8) is 0 Å². The number of Topliss-reactive ketones (excluding diaryl/α,β-unsaturated/α-hetero) is 1. The minimum atomic E-state index is -0.559. The highest BCUT2D eigenvalue weighted by molar-refractivity contribution is 6.49. The maximum Gasteiger partial charge on any atom is 0.291 e. The molecule has 1 heterocycles. The Kier molecular flexibility index (Phi) is 9.97. The zero-order valence-corrected chi connectivity index (χ0v) is 23.5. The van der Waals surface area contributed by atoms with Gasteiger partial charge in [0.15, 0.2) is 5.76 Å². The molecule has 3 aromatic rings. The van der Waals surface area contributed by atoms with E-state index in [1.54, 1.807) is 13.2 Å². The van der Waals surface area contributed by atoms with Crippen LogP contribution in [0.3, 0.4) is 0 Å². The topological polar surface area (TPSA) is 117 Å². The summed E-state index contributed by atoms with van der Waals surface area (Å²) in [6, 6.07) is 20.2. The number of furan rings is 1. The van der Waals surface area contributed by atoms with E-state index in [1.165, 1.54) is 18.4 Å². The van der Waals surface area contributed by atoms with Gasteiger partial charge in [0.2, 0.25) is 5.78 Å². The van der Waals surface area contributed by atoms with E-state index < -0.39 is 11.7 Å². The SMILES string of the molecule is CCC1=C(Cl)C(=O)C(NC(=O)c2ccco2)=CC1=Nc1ccc(N(CCC#N)CCOc2ccc(OC)cc2)cc1. The van der Waals surface area contributed by atoms with E-state index >= 15 is 0 Å². The Hall–Kier alpha value is -4.81. The number of ether oxygens (including phenoxy) is 2. The lowest BCUT2D eigenvalue weighted by Gasteiger charge is -2.24. The van der Waals surface area contributed by atoms with Crippen LogP contribution >= 0.6 is 11.6 Å². The molecule has 0 bridgehead atoms. The number of amides is 1. The lowest BCUT2D eigenvalue weighted by atomic mass is 9.97. The second-order valence-corrected chi connectivity index (χ2v) is 9.28. The third-order valence-electron chi connectivity index (χ3n) is 6.29. The van der Waals surface area contributed by atoms with E-state index in [-0.39, 0.29) is 16.5 Å². The number of carbonyl (C=O) groups excluding carboxylic acids is 2. The molecule has 2 aromatic carbocycles. The van der Waals surface area contributed by atoms with Crippen molar-refractivity contribution < 1.29 is 23.5 Å². The van der Waals surface area contributed by atoms with Crippen molar-refractivity contribution in [2.24, 2.45) is 4.99 Å². The van der Waals surface area contributed by atoms with Crippen LogP contribution in [0.15, 0.2) is 98.7 Å². The second-order valence-electron chi connectivity index (χ2n) is 8.90. The molecule has 1 N–H and O–H groups in total. The normalized spacial score (nSPS) is 14.0. The van der Waals surface area contributed by atoms with Crippen molar-refractivity contribution in [1.29, 1.82) is 5.26 Å². The zero-order chi connectivity index (χ0) is 29.2. The molecule has 4 rings (SSSR count). The number of allylic oxidation sites excluding steroid dienone is 3.